The van der Waals surface area contributed by atoms with Crippen molar-refractivity contribution in [2.24, 2.45) is 11.5 Å². The Morgan fingerprint density at radius 1 is 1.27 bits per heavy atom. The van der Waals surface area contributed by atoms with E-state index in [9.17, 15) is 4.79 Å². The van der Waals surface area contributed by atoms with Crippen LogP contribution in [0.15, 0.2) is 5.38 Å². The molecule has 7 N–H and O–H groups in total. The topological polar surface area (TPSA) is 137 Å². The third-order valence-corrected chi connectivity index (χ3v) is 4.08. The maximum absolute atomic E-state index is 10.7. The van der Waals surface area contributed by atoms with Crippen LogP contribution in [0.25, 0.3) is 0 Å². The van der Waals surface area contributed by atoms with Gasteiger partial charge in [0.05, 0.1) is 21.5 Å². The lowest BCUT2D eigenvalue weighted by molar-refractivity contribution is -0.117. The predicted molar refractivity (Wildman–Crippen MR) is 143 cm³/mol. The normalized spacial score (nSPS) is 10.4. The van der Waals surface area contributed by atoms with Crippen LogP contribution in [0.5, 0.6) is 0 Å². The molecule has 11 heteroatoms. The van der Waals surface area contributed by atoms with Gasteiger partial charge in [-0.1, -0.05) is 39.3 Å². The quantitative estimate of drug-likeness (QED) is 0.283. The van der Waals surface area contributed by atoms with Crippen LogP contribution in [0.2, 0.25) is 0 Å². The van der Waals surface area contributed by atoms with Crippen molar-refractivity contribution in [1.29, 1.82) is 0 Å². The van der Waals surface area contributed by atoms with Crippen LogP contribution in [0.1, 0.15) is 68.5 Å². The molecule has 0 spiro atoms. The summed E-state index contributed by atoms with van der Waals surface area (Å²) in [6, 6.07) is 0. The van der Waals surface area contributed by atoms with Gasteiger partial charge in [0.15, 0.2) is 16.0 Å². The van der Waals surface area contributed by atoms with Gasteiger partial charge in [-0.3, -0.25) is 4.79 Å². The number of hydrogen-bond acceptors (Lipinski definition) is 7. The van der Waals surface area contributed by atoms with Gasteiger partial charge in [-0.05, 0) is 67.6 Å². The van der Waals surface area contributed by atoms with Crippen molar-refractivity contribution < 1.29 is 14.6 Å². The van der Waals surface area contributed by atoms with E-state index in [0.29, 0.717) is 10.5 Å². The Bertz CT molecular complexity index is 584. The number of carbonyl (C=O) groups excluding carboxylic acids is 1. The number of Topliss-reactive ketones (excluding diaryl/α,β-unsaturated/α-hetero) is 1. The van der Waals surface area contributed by atoms with Crippen LogP contribution in [-0.4, -0.2) is 42.8 Å². The standard InChI is InChI=1S/C9H16N2OS.C5H8Br2O.C3H8O.CH4N2S.CH4/c1-6(2)12-9(3,4)7-5-13-8(10)11-7;1-5(2,7)4(8)3-6;1-3(2)4;2-1(3)4;/h5-6H,1-4H3,(H2,10,11);3H2,1-2H3;3-4H,1-2H3;(H4,2,3,4);1H4. The Morgan fingerprint density at radius 3 is 1.80 bits per heavy atom. The van der Waals surface area contributed by atoms with E-state index in [4.69, 9.17) is 15.6 Å². The largest absolute Gasteiger partial charge is 0.394 e. The summed E-state index contributed by atoms with van der Waals surface area (Å²) in [6.07, 6.45) is 0.0259. The molecule has 1 aromatic heterocycles. The third-order valence-electron chi connectivity index (χ3n) is 2.45. The van der Waals surface area contributed by atoms with Gasteiger partial charge in [-0.25, -0.2) is 4.98 Å². The maximum atomic E-state index is 10.7. The molecule has 0 bridgehead atoms. The Hall–Kier alpha value is -0.330. The van der Waals surface area contributed by atoms with E-state index in [2.05, 4.69) is 60.5 Å². The molecule has 1 heterocycles. The number of hydrogen-bond donors (Lipinski definition) is 4. The number of aromatic nitrogens is 1. The molecule has 30 heavy (non-hydrogen) atoms. The zero-order valence-electron chi connectivity index (χ0n) is 18.5. The number of aliphatic hydroxyl groups is 1. The number of thiazole rings is 1. The van der Waals surface area contributed by atoms with E-state index < -0.39 is 0 Å². The Balaban J connectivity index is -0.000000171. The van der Waals surface area contributed by atoms with Crippen LogP contribution in [0, 0.1) is 0 Å². The fourth-order valence-corrected chi connectivity index (χ4v) is 3.31. The van der Waals surface area contributed by atoms with Crippen molar-refractivity contribution in [2.75, 3.05) is 11.1 Å². The number of ether oxygens (including phenoxy) is 1. The van der Waals surface area contributed by atoms with Gasteiger partial charge >= 0.3 is 0 Å². The molecule has 0 aliphatic carbocycles. The third kappa shape index (κ3) is 25.7. The summed E-state index contributed by atoms with van der Waals surface area (Å²) in [4.78, 5) is 14.9. The summed E-state index contributed by atoms with van der Waals surface area (Å²) in [5.74, 6) is 0.164. The smallest absolute Gasteiger partial charge is 0.180 e. The van der Waals surface area contributed by atoms with Gasteiger partial charge in [0.25, 0.3) is 0 Å². The Morgan fingerprint density at radius 2 is 1.63 bits per heavy atom. The van der Waals surface area contributed by atoms with Crippen molar-refractivity contribution >= 4 is 71.4 Å². The first-order valence-corrected chi connectivity index (χ1v) is 12.0. The predicted octanol–water partition coefficient (Wildman–Crippen LogP) is 4.72. The summed E-state index contributed by atoms with van der Waals surface area (Å²) in [5, 5.41) is 11.0. The number of aliphatic hydroxyl groups excluding tert-OH is 1. The molecular weight excluding hydrogens is 556 g/mol. The molecule has 0 saturated heterocycles. The van der Waals surface area contributed by atoms with E-state index in [-0.39, 0.29) is 40.5 Å². The zero-order valence-corrected chi connectivity index (χ0v) is 23.3. The van der Waals surface area contributed by atoms with Gasteiger partial charge in [-0.15, -0.1) is 11.3 Å². The summed E-state index contributed by atoms with van der Waals surface area (Å²) in [5.41, 5.74) is 15.4. The SMILES string of the molecule is C.CC(C)(Br)C(=O)CBr.CC(C)O.CC(C)OC(C)(C)c1csc(N)n1.NC(N)=S. The number of alkyl halides is 2. The molecule has 0 fully saturated rings. The molecule has 0 aromatic carbocycles. The Kier molecular flexibility index (Phi) is 22.5. The molecule has 0 aliphatic heterocycles. The van der Waals surface area contributed by atoms with Crippen LogP contribution in [-0.2, 0) is 15.1 Å². The minimum absolute atomic E-state index is 0. The first kappa shape index (κ1) is 37.0. The van der Waals surface area contributed by atoms with Crippen molar-refractivity contribution in [3.63, 3.8) is 0 Å². The molecule has 7 nitrogen and oxygen atoms in total. The molecule has 0 unspecified atom stereocenters. The van der Waals surface area contributed by atoms with Crippen LogP contribution < -0.4 is 17.2 Å². The highest BCUT2D eigenvalue weighted by Gasteiger charge is 2.25. The molecule has 0 atom stereocenters. The van der Waals surface area contributed by atoms with Crippen molar-refractivity contribution in [2.45, 2.75) is 84.9 Å². The van der Waals surface area contributed by atoms with Crippen molar-refractivity contribution in [1.82, 2.24) is 4.98 Å². The van der Waals surface area contributed by atoms with Gasteiger partial charge in [0.2, 0.25) is 0 Å². The minimum Gasteiger partial charge on any atom is -0.394 e. The molecule has 0 radical (unpaired) electrons. The number of rotatable bonds is 5. The second-order valence-electron chi connectivity index (χ2n) is 7.27. The zero-order chi connectivity index (χ0) is 24.0. The summed E-state index contributed by atoms with van der Waals surface area (Å²) in [6.45, 7) is 15.1. The van der Waals surface area contributed by atoms with Gasteiger partial charge in [-0.2, -0.15) is 0 Å². The van der Waals surface area contributed by atoms with Crippen molar-refractivity contribution in [3.05, 3.63) is 11.1 Å². The number of thiocarbonyl (C=S) groups is 1. The van der Waals surface area contributed by atoms with E-state index >= 15 is 0 Å². The Labute approximate surface area is 208 Å². The van der Waals surface area contributed by atoms with E-state index in [1.54, 1.807) is 13.8 Å². The van der Waals surface area contributed by atoms with Gasteiger partial charge in [0.1, 0.15) is 5.60 Å². The average Bonchev–Trinajstić information content (AvgIpc) is 2.91. The summed E-state index contributed by atoms with van der Waals surface area (Å²) >= 11 is 11.8. The second-order valence-corrected chi connectivity index (χ2v) is 11.2. The number of halogens is 2. The fourth-order valence-electron chi connectivity index (χ4n) is 1.37. The lowest BCUT2D eigenvalue weighted by Crippen LogP contribution is -2.25. The van der Waals surface area contributed by atoms with Crippen molar-refractivity contribution in [3.8, 4) is 0 Å². The van der Waals surface area contributed by atoms with Crippen LogP contribution in [0.3, 0.4) is 0 Å². The fraction of sp³-hybridized carbons (Fsp3) is 0.737. The summed E-state index contributed by atoms with van der Waals surface area (Å²) in [7, 11) is 0. The monoisotopic (exact) mass is 594 g/mol. The highest BCUT2D eigenvalue weighted by Crippen LogP contribution is 2.28. The molecule has 0 amide bonds. The van der Waals surface area contributed by atoms with E-state index in [0.717, 1.165) is 5.69 Å². The highest BCUT2D eigenvalue weighted by atomic mass is 79.9. The molecule has 1 rings (SSSR count). The summed E-state index contributed by atoms with van der Waals surface area (Å²) < 4.78 is 5.36. The van der Waals surface area contributed by atoms with Gasteiger partial charge in [0, 0.05) is 11.5 Å². The number of nitrogen functional groups attached to an aromatic ring is 1. The second kappa shape index (κ2) is 18.3. The lowest BCUT2D eigenvalue weighted by Gasteiger charge is -2.25. The highest BCUT2D eigenvalue weighted by molar-refractivity contribution is 9.10. The van der Waals surface area contributed by atoms with Crippen LogP contribution in [0.4, 0.5) is 5.13 Å². The van der Waals surface area contributed by atoms with E-state index in [1.165, 1.54) is 11.3 Å². The first-order valence-electron chi connectivity index (χ1n) is 8.77. The molecule has 1 aromatic rings. The van der Waals surface area contributed by atoms with E-state index in [1.807, 2.05) is 46.9 Å². The lowest BCUT2D eigenvalue weighted by atomic mass is 10.1. The first-order chi connectivity index (χ1) is 12.9. The molecule has 0 aliphatic rings. The number of nitrogens with zero attached hydrogens (tertiary/aromatic N) is 1. The van der Waals surface area contributed by atoms with Crippen LogP contribution >= 0.6 is 55.4 Å². The minimum atomic E-state index is -0.365. The number of carbonyl (C=O) groups is 1. The maximum Gasteiger partial charge on any atom is 0.180 e. The molecule has 180 valence electrons. The number of anilines is 1. The number of ketones is 1. The molecular formula is C19H40Br2N4O3S2. The molecule has 0 saturated carbocycles. The average molecular weight is 596 g/mol. The van der Waals surface area contributed by atoms with Gasteiger partial charge < -0.3 is 27.0 Å². The number of nitrogens with two attached hydrogens (primary N) is 3.